The van der Waals surface area contributed by atoms with Crippen LogP contribution in [0.5, 0.6) is 0 Å². The van der Waals surface area contributed by atoms with Crippen molar-refractivity contribution < 1.29 is 32.8 Å². The summed E-state index contributed by atoms with van der Waals surface area (Å²) in [7, 11) is 1.80. The number of rotatable bonds is 1. The van der Waals surface area contributed by atoms with Gasteiger partial charge >= 0.3 is 25.6 Å². The fourth-order valence-electron chi connectivity index (χ4n) is 1.99. The van der Waals surface area contributed by atoms with Crippen LogP contribution in [-0.4, -0.2) is 41.6 Å². The molecule has 1 aromatic rings. The monoisotopic (exact) mass is 217 g/mol. The zero-order valence-electron chi connectivity index (χ0n) is 9.84. The Hall–Kier alpha value is -0.318. The number of aryl methyl sites for hydroxylation is 1. The first-order valence-electron chi connectivity index (χ1n) is 5.04. The maximum absolute atomic E-state index is 5.67. The van der Waals surface area contributed by atoms with Gasteiger partial charge in [-0.25, -0.2) is 0 Å². The minimum absolute atomic E-state index is 0. The maximum Gasteiger partial charge on any atom is 1.00 e. The average molecular weight is 217 g/mol. The molecule has 0 N–H and O–H groups in total. The zero-order chi connectivity index (χ0) is 10.5. The van der Waals surface area contributed by atoms with Crippen LogP contribution in [0.1, 0.15) is 6.92 Å². The summed E-state index contributed by atoms with van der Waals surface area (Å²) in [5, 5.41) is 7.86. The Morgan fingerprint density at radius 2 is 1.88 bits per heavy atom. The first kappa shape index (κ1) is 12.1. The van der Waals surface area contributed by atoms with Crippen LogP contribution < -0.4 is 24.5 Å². The van der Waals surface area contributed by atoms with Crippen molar-refractivity contribution >= 4 is 12.3 Å². The van der Waals surface area contributed by atoms with Gasteiger partial charge in [-0.05, 0) is 0 Å². The second kappa shape index (κ2) is 3.86. The fraction of sp³-hybridized carbons (Fsp3) is 0.750. The summed E-state index contributed by atoms with van der Waals surface area (Å²) in [5.41, 5.74) is 0.630. The number of fused-ring (bicyclic) bond motifs is 3. The van der Waals surface area contributed by atoms with Gasteiger partial charge in [-0.1, -0.05) is 12.1 Å². The Morgan fingerprint density at radius 1 is 1.31 bits per heavy atom. The van der Waals surface area contributed by atoms with Gasteiger partial charge in [0.2, 0.25) is 0 Å². The first-order valence-corrected chi connectivity index (χ1v) is 5.04. The van der Waals surface area contributed by atoms with Gasteiger partial charge in [0, 0.05) is 44.1 Å². The van der Waals surface area contributed by atoms with Crippen LogP contribution in [0.25, 0.3) is 0 Å². The molecule has 4 heterocycles. The fourth-order valence-corrected chi connectivity index (χ4v) is 1.99. The molecule has 82 valence electrons. The van der Waals surface area contributed by atoms with Gasteiger partial charge < -0.3 is 14.0 Å². The van der Waals surface area contributed by atoms with E-state index in [2.05, 4.69) is 17.2 Å². The molecule has 3 fully saturated rings. The van der Waals surface area contributed by atoms with Crippen LogP contribution >= 0.6 is 0 Å². The van der Waals surface area contributed by atoms with E-state index in [9.17, 15) is 0 Å². The number of nitrogens with zero attached hydrogens (tertiary/aromatic N) is 3. The number of hydrogen-bond donors (Lipinski definition) is 0. The van der Waals surface area contributed by atoms with Gasteiger partial charge in [-0.15, -0.1) is 0 Å². The van der Waals surface area contributed by atoms with E-state index in [1.54, 1.807) is 17.9 Å². The van der Waals surface area contributed by atoms with E-state index in [1.807, 2.05) is 0 Å². The average Bonchev–Trinajstić information content (AvgIpc) is 2.67. The van der Waals surface area contributed by atoms with Crippen molar-refractivity contribution in [2.45, 2.75) is 6.92 Å². The molecule has 0 saturated carbocycles. The molecule has 0 amide bonds. The third kappa shape index (κ3) is 1.73. The summed E-state index contributed by atoms with van der Waals surface area (Å²) in [6.07, 6.45) is 1.77. The molecule has 4 rings (SSSR count). The standard InChI is InChI=1S/C8H13BN3O3.Li/c1-8-4-13-9(14-5-8,15-6-8)7-3-12(2)11-10-7;/h3H,4-6H2,1-2H3;/q-1;+1. The molecule has 8 heteroatoms. The van der Waals surface area contributed by atoms with Gasteiger partial charge in [-0.2, -0.15) is 5.10 Å². The predicted molar refractivity (Wildman–Crippen MR) is 52.4 cm³/mol. The Labute approximate surface area is 106 Å². The number of aromatic nitrogens is 3. The second-order valence-corrected chi connectivity index (χ2v) is 4.70. The summed E-state index contributed by atoms with van der Waals surface area (Å²) >= 11 is 0. The van der Waals surface area contributed by atoms with E-state index in [0.717, 1.165) is 0 Å². The van der Waals surface area contributed by atoms with Crippen LogP contribution in [0.3, 0.4) is 0 Å². The van der Waals surface area contributed by atoms with Crippen molar-refractivity contribution in [2.75, 3.05) is 19.8 Å². The molecule has 0 radical (unpaired) electrons. The third-order valence-electron chi connectivity index (χ3n) is 2.94. The van der Waals surface area contributed by atoms with Crippen LogP contribution in [0.15, 0.2) is 6.20 Å². The minimum atomic E-state index is -1.82. The third-order valence-corrected chi connectivity index (χ3v) is 2.94. The molecule has 0 aliphatic carbocycles. The first-order chi connectivity index (χ1) is 7.12. The molecular weight excluding hydrogens is 204 g/mol. The molecule has 0 atom stereocenters. The van der Waals surface area contributed by atoms with Crippen molar-refractivity contribution in [1.82, 2.24) is 15.0 Å². The van der Waals surface area contributed by atoms with E-state index >= 15 is 0 Å². The molecule has 2 bridgehead atoms. The topological polar surface area (TPSA) is 58.4 Å². The molecule has 0 spiro atoms. The molecule has 3 saturated heterocycles. The Bertz CT molecular complexity index is 375. The SMILES string of the molecule is Cn1cc([B-]23OCC(C)(CO2)CO3)nn1.[Li+]. The molecule has 3 aliphatic heterocycles. The van der Waals surface area contributed by atoms with Gasteiger partial charge in [0.1, 0.15) is 0 Å². The molecule has 6 nitrogen and oxygen atoms in total. The minimum Gasteiger partial charge on any atom is -0.539 e. The van der Waals surface area contributed by atoms with Gasteiger partial charge in [0.05, 0.1) is 0 Å². The van der Waals surface area contributed by atoms with E-state index < -0.39 is 6.75 Å². The molecule has 0 aromatic carbocycles. The largest absolute Gasteiger partial charge is 1.00 e. The van der Waals surface area contributed by atoms with Crippen molar-refractivity contribution in [2.24, 2.45) is 12.5 Å². The summed E-state index contributed by atoms with van der Waals surface area (Å²) in [6, 6.07) is 0. The van der Waals surface area contributed by atoms with E-state index in [1.165, 1.54) is 0 Å². The molecule has 16 heavy (non-hydrogen) atoms. The van der Waals surface area contributed by atoms with E-state index in [0.29, 0.717) is 25.4 Å². The molecular formula is C8H13BLiN3O3. The smallest absolute Gasteiger partial charge is 0.539 e. The molecule has 3 aliphatic rings. The normalized spacial score (nSPS) is 37.1. The van der Waals surface area contributed by atoms with Gasteiger partial charge in [0.15, 0.2) is 0 Å². The quantitative estimate of drug-likeness (QED) is 0.449. The Morgan fingerprint density at radius 3 is 2.31 bits per heavy atom. The van der Waals surface area contributed by atoms with Crippen molar-refractivity contribution in [3.05, 3.63) is 6.20 Å². The number of hydrogen-bond acceptors (Lipinski definition) is 5. The van der Waals surface area contributed by atoms with Crippen molar-refractivity contribution in [3.63, 3.8) is 0 Å². The maximum atomic E-state index is 5.67. The predicted octanol–water partition coefficient (Wildman–Crippen LogP) is -3.95. The van der Waals surface area contributed by atoms with Crippen LogP contribution in [-0.2, 0) is 21.0 Å². The van der Waals surface area contributed by atoms with Crippen LogP contribution in [0.2, 0.25) is 0 Å². The van der Waals surface area contributed by atoms with E-state index in [4.69, 9.17) is 14.0 Å². The molecule has 0 unspecified atom stereocenters. The zero-order valence-corrected chi connectivity index (χ0v) is 9.84. The Balaban J connectivity index is 0.000000963. The van der Waals surface area contributed by atoms with Gasteiger partial charge in [-0.3, -0.25) is 4.68 Å². The summed E-state index contributed by atoms with van der Waals surface area (Å²) in [6.45, 7) is 2.23. The van der Waals surface area contributed by atoms with Crippen molar-refractivity contribution in [1.29, 1.82) is 0 Å². The second-order valence-electron chi connectivity index (χ2n) is 4.70. The Kier molecular flexibility index (Phi) is 2.93. The summed E-state index contributed by atoms with van der Waals surface area (Å²) < 4.78 is 18.6. The van der Waals surface area contributed by atoms with Gasteiger partial charge in [0.25, 0.3) is 0 Å². The summed E-state index contributed by atoms with van der Waals surface area (Å²) in [4.78, 5) is 0. The van der Waals surface area contributed by atoms with Crippen LogP contribution in [0, 0.1) is 5.41 Å². The van der Waals surface area contributed by atoms with Crippen molar-refractivity contribution in [3.8, 4) is 0 Å². The molecule has 1 aromatic heterocycles. The van der Waals surface area contributed by atoms with Crippen LogP contribution in [0.4, 0.5) is 0 Å². The van der Waals surface area contributed by atoms with E-state index in [-0.39, 0.29) is 24.3 Å². The summed E-state index contributed by atoms with van der Waals surface area (Å²) in [5.74, 6) is 0.